The van der Waals surface area contributed by atoms with Crippen LogP contribution in [0.1, 0.15) is 227 Å². The fraction of sp³-hybridized carbons (Fsp3) is 0.424. The molecule has 8 bridgehead atoms. The number of alkyl carbamates (subject to hydrolysis) is 1. The summed E-state index contributed by atoms with van der Waals surface area (Å²) >= 11 is 0. The molecule has 97 heavy (non-hydrogen) atoms. The summed E-state index contributed by atoms with van der Waals surface area (Å²) in [7, 11) is 0. The number of unbranched alkanes of at least 4 members (excludes halogenated alkanes) is 1. The Labute approximate surface area is 577 Å². The third-order valence-corrected chi connectivity index (χ3v) is 17.9. The van der Waals surface area contributed by atoms with Gasteiger partial charge in [-0.05, 0) is 189 Å². The summed E-state index contributed by atoms with van der Waals surface area (Å²) in [5.74, 6) is -0.123. The molecule has 0 saturated carbocycles. The van der Waals surface area contributed by atoms with E-state index >= 15 is 0 Å². The van der Waals surface area contributed by atoms with Crippen molar-refractivity contribution < 1.29 is 28.6 Å². The lowest BCUT2D eigenvalue weighted by molar-refractivity contribution is -0.145. The molecule has 0 spiro atoms. The third kappa shape index (κ3) is 17.9. The molecule has 0 saturated heterocycles. The fourth-order valence-corrected chi connectivity index (χ4v) is 12.0. The number of aromatic nitrogens is 4. The van der Waals surface area contributed by atoms with Crippen LogP contribution in [0.25, 0.3) is 90.9 Å². The van der Waals surface area contributed by atoms with Crippen LogP contribution < -0.4 is 15.4 Å². The molecular formula is C85H106N6O6. The SMILES string of the molecule is C=CCOC(=O)[C@H](CCCCNC(=O)CCOc1ccc(-c2c3nc(c(-c4cc(C(C)(C)C)cc(C(C)(C)C)c4)c4ccc([nH]4)c(-c4cc(C(C)(C)C)cc(C(C)(C)C)c4)c4nc(c(-c5cc(C(C)(C)C)cc(C(C)(C)C)c5)c5ccc2[nH]5)C=C4)C=C3)cc1)NC(=O)OC(C)(C)C. The summed E-state index contributed by atoms with van der Waals surface area (Å²) in [4.78, 5) is 58.2. The maximum absolute atomic E-state index is 13.2. The first kappa shape index (κ1) is 72.5. The second-order valence-corrected chi connectivity index (χ2v) is 33.5. The number of amides is 2. The molecule has 3 aromatic heterocycles. The number of benzene rings is 4. The monoisotopic (exact) mass is 1310 g/mol. The maximum Gasteiger partial charge on any atom is 0.408 e. The molecule has 512 valence electrons. The Morgan fingerprint density at radius 2 is 0.825 bits per heavy atom. The normalized spacial score (nSPS) is 13.3. The van der Waals surface area contributed by atoms with E-state index in [1.807, 2.05) is 12.1 Å². The van der Waals surface area contributed by atoms with Gasteiger partial charge in [-0.15, -0.1) is 0 Å². The predicted octanol–water partition coefficient (Wildman–Crippen LogP) is 20.8. The molecule has 0 radical (unpaired) electrons. The van der Waals surface area contributed by atoms with Gasteiger partial charge in [0.2, 0.25) is 5.91 Å². The number of aromatic amines is 2. The molecule has 1 atom stereocenters. The van der Waals surface area contributed by atoms with Crippen LogP contribution in [-0.4, -0.2) is 69.3 Å². The lowest BCUT2D eigenvalue weighted by atomic mass is 9.78. The first-order valence-corrected chi connectivity index (χ1v) is 34.6. The molecule has 2 amide bonds. The summed E-state index contributed by atoms with van der Waals surface area (Å²) < 4.78 is 16.9. The molecule has 12 heteroatoms. The average Bonchev–Trinajstić information content (AvgIpc) is 1.69. The molecule has 2 aliphatic heterocycles. The molecule has 0 unspecified atom stereocenters. The van der Waals surface area contributed by atoms with Crippen LogP contribution in [0.2, 0.25) is 0 Å². The highest BCUT2D eigenvalue weighted by atomic mass is 16.6. The number of ether oxygens (including phenoxy) is 3. The van der Waals surface area contributed by atoms with Gasteiger partial charge in [-0.2, -0.15) is 0 Å². The first-order chi connectivity index (χ1) is 45.1. The van der Waals surface area contributed by atoms with Gasteiger partial charge in [0.1, 0.15) is 24.0 Å². The molecule has 0 aliphatic carbocycles. The largest absolute Gasteiger partial charge is 0.493 e. The molecule has 4 aromatic carbocycles. The number of hydrogen-bond donors (Lipinski definition) is 4. The zero-order valence-electron chi connectivity index (χ0n) is 61.8. The van der Waals surface area contributed by atoms with Crippen LogP contribution >= 0.6 is 0 Å². The molecule has 0 fully saturated rings. The van der Waals surface area contributed by atoms with E-state index in [-0.39, 0.29) is 58.0 Å². The Balaban J connectivity index is 1.20. The van der Waals surface area contributed by atoms with Crippen LogP contribution in [0, 0.1) is 0 Å². The van der Waals surface area contributed by atoms with Gasteiger partial charge < -0.3 is 34.8 Å². The van der Waals surface area contributed by atoms with Crippen molar-refractivity contribution in [2.24, 2.45) is 0 Å². The topological polar surface area (TPSA) is 160 Å². The number of esters is 1. The molecule has 5 heterocycles. The Hall–Kier alpha value is -8.77. The molecular weight excluding hydrogens is 1200 g/mol. The number of fused-ring (bicyclic) bond motifs is 8. The van der Waals surface area contributed by atoms with E-state index in [2.05, 4.69) is 267 Å². The average molecular weight is 1310 g/mol. The zero-order chi connectivity index (χ0) is 71.0. The lowest BCUT2D eigenvalue weighted by Crippen LogP contribution is -2.44. The maximum atomic E-state index is 13.2. The highest BCUT2D eigenvalue weighted by molar-refractivity contribution is 6.00. The number of rotatable bonds is 17. The minimum atomic E-state index is -0.905. The van der Waals surface area contributed by atoms with Gasteiger partial charge in [-0.25, -0.2) is 19.6 Å². The number of nitrogens with one attached hydrogen (secondary N) is 4. The van der Waals surface area contributed by atoms with Gasteiger partial charge in [0.15, 0.2) is 0 Å². The van der Waals surface area contributed by atoms with Crippen molar-refractivity contribution in [3.63, 3.8) is 0 Å². The predicted molar refractivity (Wildman–Crippen MR) is 404 cm³/mol. The third-order valence-electron chi connectivity index (χ3n) is 17.9. The van der Waals surface area contributed by atoms with Crippen molar-refractivity contribution in [1.82, 2.24) is 30.6 Å². The van der Waals surface area contributed by atoms with Gasteiger partial charge in [-0.1, -0.05) is 204 Å². The highest BCUT2D eigenvalue weighted by Gasteiger charge is 2.30. The van der Waals surface area contributed by atoms with Crippen LogP contribution in [0.5, 0.6) is 5.75 Å². The minimum Gasteiger partial charge on any atom is -0.493 e. The lowest BCUT2D eigenvalue weighted by Gasteiger charge is -2.26. The number of H-pyrrole nitrogens is 2. The summed E-state index contributed by atoms with van der Waals surface area (Å²) in [6, 6.07) is 37.3. The Morgan fingerprint density at radius 3 is 1.15 bits per heavy atom. The first-order valence-electron chi connectivity index (χ1n) is 34.6. The van der Waals surface area contributed by atoms with E-state index < -0.39 is 23.7 Å². The van der Waals surface area contributed by atoms with E-state index in [1.54, 1.807) is 20.8 Å². The quantitative estimate of drug-likeness (QED) is 0.0398. The highest BCUT2D eigenvalue weighted by Crippen LogP contribution is 2.44. The van der Waals surface area contributed by atoms with Crippen LogP contribution in [0.4, 0.5) is 4.79 Å². The summed E-state index contributed by atoms with van der Waals surface area (Å²) in [6.07, 6.45) is 11.0. The van der Waals surface area contributed by atoms with Crippen molar-refractivity contribution in [2.45, 2.75) is 215 Å². The molecule has 2 aliphatic rings. The standard InChI is InChI=1S/C85H106N6O6/c1-23-41-96-77(93)71(91-78(94)97-85(20,21)22)26-24-25-40-86-72(92)39-42-95-62-29-27-52(28-30-62)73-63-31-33-65(87-63)74(53-43-56(79(2,3)4)49-57(44-53)80(5,6)7)67-35-37-69(89-67)76(55-47-60(83(14,15)16)51-61(48-55)84(17,18)19)70-38-36-68(90-70)75(66-34-32-64(73)88-66)54-45-58(81(8,9)10)50-59(46-54)82(11,12)13/h23,27-38,43-51,71,87,90H,1,24-26,39-42H2,2-22H3,(H,86,92)(H,91,94)/t71-/m0/s1. The summed E-state index contributed by atoms with van der Waals surface area (Å²) in [5, 5.41) is 5.61. The Bertz CT molecular complexity index is 4180. The van der Waals surface area contributed by atoms with Gasteiger partial charge in [-0.3, -0.25) is 4.79 Å². The van der Waals surface area contributed by atoms with Crippen LogP contribution in [0.15, 0.2) is 116 Å². The van der Waals surface area contributed by atoms with Gasteiger partial charge >= 0.3 is 12.1 Å². The van der Waals surface area contributed by atoms with Crippen LogP contribution in [0.3, 0.4) is 0 Å². The zero-order valence-corrected chi connectivity index (χ0v) is 61.8. The Kier molecular flexibility index (Phi) is 20.9. The fourth-order valence-electron chi connectivity index (χ4n) is 12.0. The van der Waals surface area contributed by atoms with Crippen LogP contribution in [-0.2, 0) is 51.6 Å². The molecule has 4 N–H and O–H groups in total. The molecule has 12 nitrogen and oxygen atoms in total. The van der Waals surface area contributed by atoms with E-state index in [0.717, 1.165) is 89.4 Å². The van der Waals surface area contributed by atoms with E-state index in [0.29, 0.717) is 31.6 Å². The van der Waals surface area contributed by atoms with Gasteiger partial charge in [0.05, 0.1) is 35.8 Å². The van der Waals surface area contributed by atoms with Crippen molar-refractivity contribution in [3.05, 3.63) is 172 Å². The summed E-state index contributed by atoms with van der Waals surface area (Å²) in [5.41, 5.74) is 20.9. The van der Waals surface area contributed by atoms with Crippen molar-refractivity contribution >= 4 is 64.3 Å². The van der Waals surface area contributed by atoms with Crippen molar-refractivity contribution in [3.8, 4) is 50.3 Å². The van der Waals surface area contributed by atoms with E-state index in [4.69, 9.17) is 24.2 Å². The summed E-state index contributed by atoms with van der Waals surface area (Å²) in [6.45, 7) is 50.6. The number of nitrogens with zero attached hydrogens (tertiary/aromatic N) is 2. The minimum absolute atomic E-state index is 0.0217. The second kappa shape index (κ2) is 28.0. The van der Waals surface area contributed by atoms with E-state index in [9.17, 15) is 14.4 Å². The molecule has 9 rings (SSSR count). The van der Waals surface area contributed by atoms with Crippen molar-refractivity contribution in [2.75, 3.05) is 19.8 Å². The second-order valence-electron chi connectivity index (χ2n) is 33.5. The van der Waals surface area contributed by atoms with Gasteiger partial charge in [0.25, 0.3) is 0 Å². The van der Waals surface area contributed by atoms with Gasteiger partial charge in [0, 0.05) is 50.9 Å². The Morgan fingerprint density at radius 1 is 0.474 bits per heavy atom. The smallest absolute Gasteiger partial charge is 0.408 e. The number of carbonyl (C=O) groups is 3. The number of carbonyl (C=O) groups excluding carboxylic acids is 3. The number of hydrogen-bond acceptors (Lipinski definition) is 8. The van der Waals surface area contributed by atoms with Crippen molar-refractivity contribution in [1.29, 1.82) is 0 Å². The molecule has 7 aromatic rings. The van der Waals surface area contributed by atoms with E-state index in [1.165, 1.54) is 39.5 Å².